The van der Waals surface area contributed by atoms with E-state index in [0.29, 0.717) is 18.2 Å². The normalized spacial score (nSPS) is 16.7. The van der Waals surface area contributed by atoms with E-state index in [1.165, 1.54) is 49.9 Å². The Balaban J connectivity index is 1.34. The first-order chi connectivity index (χ1) is 14.8. The Labute approximate surface area is 177 Å². The largest absolute Gasteiger partial charge is 0.347 e. The number of benzene rings is 2. The van der Waals surface area contributed by atoms with E-state index in [4.69, 9.17) is 5.10 Å². The fraction of sp³-hybridized carbons (Fsp3) is 0.360. The zero-order valence-electron chi connectivity index (χ0n) is 17.3. The summed E-state index contributed by atoms with van der Waals surface area (Å²) in [7, 11) is 0. The molecule has 2 aromatic carbocycles. The minimum atomic E-state index is -0.0680. The molecule has 2 fully saturated rings. The maximum absolute atomic E-state index is 13.1. The summed E-state index contributed by atoms with van der Waals surface area (Å²) in [5.74, 6) is 0.437. The molecule has 1 aliphatic carbocycles. The van der Waals surface area contributed by atoms with E-state index in [1.807, 2.05) is 36.4 Å². The van der Waals surface area contributed by atoms with Gasteiger partial charge in [0.25, 0.3) is 5.91 Å². The topological polar surface area (TPSA) is 51.4 Å². The van der Waals surface area contributed by atoms with Gasteiger partial charge in [-0.3, -0.25) is 4.79 Å². The average molecular weight is 402 g/mol. The molecule has 3 aromatic rings. The van der Waals surface area contributed by atoms with E-state index in [0.717, 1.165) is 17.9 Å². The summed E-state index contributed by atoms with van der Waals surface area (Å²) >= 11 is 0. The van der Waals surface area contributed by atoms with Crippen molar-refractivity contribution < 1.29 is 9.69 Å². The molecule has 1 aliphatic heterocycles. The summed E-state index contributed by atoms with van der Waals surface area (Å²) in [5, 5.41) is 7.91. The number of quaternary nitrogens is 1. The maximum atomic E-state index is 13.1. The van der Waals surface area contributed by atoms with Gasteiger partial charge < -0.3 is 10.2 Å². The molecule has 0 spiro atoms. The van der Waals surface area contributed by atoms with Gasteiger partial charge in [0.15, 0.2) is 0 Å². The summed E-state index contributed by atoms with van der Waals surface area (Å²) in [6.45, 7) is 4.09. The van der Waals surface area contributed by atoms with Crippen LogP contribution in [0.5, 0.6) is 0 Å². The van der Waals surface area contributed by atoms with Crippen LogP contribution < -0.4 is 10.2 Å². The number of hydrogen-bond donors (Lipinski definition) is 2. The van der Waals surface area contributed by atoms with Gasteiger partial charge in [0.1, 0.15) is 12.2 Å². The third-order valence-electron chi connectivity index (χ3n) is 6.27. The molecule has 1 saturated heterocycles. The molecule has 1 saturated carbocycles. The lowest BCUT2D eigenvalue weighted by molar-refractivity contribution is -0.901. The number of nitrogens with one attached hydrogen (secondary N) is 2. The van der Waals surface area contributed by atoms with Crippen molar-refractivity contribution in [2.75, 3.05) is 13.1 Å². The molecule has 154 valence electrons. The number of rotatable bonds is 7. The molecule has 2 aliphatic rings. The van der Waals surface area contributed by atoms with Crippen molar-refractivity contribution in [3.63, 3.8) is 0 Å². The Morgan fingerprint density at radius 1 is 1.00 bits per heavy atom. The molecule has 2 N–H and O–H groups in total. The maximum Gasteiger partial charge on any atom is 0.270 e. The smallest absolute Gasteiger partial charge is 0.270 e. The molecule has 5 rings (SSSR count). The van der Waals surface area contributed by atoms with Crippen LogP contribution in [0.15, 0.2) is 60.7 Å². The molecule has 1 amide bonds. The molecule has 0 bridgehead atoms. The quantitative estimate of drug-likeness (QED) is 0.640. The van der Waals surface area contributed by atoms with Gasteiger partial charge in [0.2, 0.25) is 0 Å². The van der Waals surface area contributed by atoms with Crippen LogP contribution >= 0.6 is 0 Å². The van der Waals surface area contributed by atoms with Gasteiger partial charge in [-0.15, -0.1) is 0 Å². The van der Waals surface area contributed by atoms with E-state index in [2.05, 4.69) is 29.6 Å². The highest BCUT2D eigenvalue weighted by Crippen LogP contribution is 2.39. The van der Waals surface area contributed by atoms with Gasteiger partial charge in [-0.1, -0.05) is 42.5 Å². The lowest BCUT2D eigenvalue weighted by Gasteiger charge is -2.15. The van der Waals surface area contributed by atoms with Crippen LogP contribution in [0.2, 0.25) is 0 Å². The number of aromatic nitrogens is 2. The van der Waals surface area contributed by atoms with Gasteiger partial charge in [0, 0.05) is 30.9 Å². The Hall–Kier alpha value is -2.92. The molecule has 0 atom stereocenters. The molecular weight excluding hydrogens is 372 g/mol. The van der Waals surface area contributed by atoms with Gasteiger partial charge >= 0.3 is 0 Å². The van der Waals surface area contributed by atoms with Gasteiger partial charge in [-0.25, -0.2) is 4.68 Å². The minimum Gasteiger partial charge on any atom is -0.347 e. The SMILES string of the molecule is O=C(NCc1ccccc1C[NH+]1CCCC1)c1cc(C2CC2)nn1-c1ccccc1. The van der Waals surface area contributed by atoms with Crippen molar-refractivity contribution in [2.45, 2.75) is 44.7 Å². The Bertz CT molecular complexity index is 1020. The summed E-state index contributed by atoms with van der Waals surface area (Å²) in [5.41, 5.74) is 5.11. The summed E-state index contributed by atoms with van der Waals surface area (Å²) in [4.78, 5) is 14.8. The molecule has 2 heterocycles. The lowest BCUT2D eigenvalue weighted by Crippen LogP contribution is -3.08. The lowest BCUT2D eigenvalue weighted by atomic mass is 10.1. The van der Waals surface area contributed by atoms with Crippen molar-refractivity contribution in [2.24, 2.45) is 0 Å². The number of carbonyl (C=O) groups excluding carboxylic acids is 1. The highest BCUT2D eigenvalue weighted by atomic mass is 16.2. The van der Waals surface area contributed by atoms with Crippen LogP contribution in [0.4, 0.5) is 0 Å². The van der Waals surface area contributed by atoms with Crippen molar-refractivity contribution in [1.29, 1.82) is 0 Å². The van der Waals surface area contributed by atoms with E-state index in [-0.39, 0.29) is 5.91 Å². The standard InChI is InChI=1S/C25H28N4O/c30-25(26-17-20-8-4-5-9-21(20)18-28-14-6-7-15-28)24-16-23(19-12-13-19)27-29(24)22-10-2-1-3-11-22/h1-5,8-11,16,19H,6-7,12-15,17-18H2,(H,26,30)/p+1. The zero-order valence-corrected chi connectivity index (χ0v) is 17.3. The second-order valence-electron chi connectivity index (χ2n) is 8.56. The highest BCUT2D eigenvalue weighted by molar-refractivity contribution is 5.93. The van der Waals surface area contributed by atoms with Crippen LogP contribution in [0.1, 0.15) is 58.9 Å². The fourth-order valence-corrected chi connectivity index (χ4v) is 4.40. The van der Waals surface area contributed by atoms with Gasteiger partial charge in [-0.2, -0.15) is 5.10 Å². The van der Waals surface area contributed by atoms with Crippen molar-refractivity contribution in [1.82, 2.24) is 15.1 Å². The van der Waals surface area contributed by atoms with Gasteiger partial charge in [0.05, 0.1) is 24.5 Å². The first kappa shape index (κ1) is 19.1. The Morgan fingerprint density at radius 2 is 1.70 bits per heavy atom. The van der Waals surface area contributed by atoms with E-state index >= 15 is 0 Å². The van der Waals surface area contributed by atoms with Crippen LogP contribution in [0, 0.1) is 0 Å². The minimum absolute atomic E-state index is 0.0680. The van der Waals surface area contributed by atoms with Crippen molar-refractivity contribution in [3.05, 3.63) is 83.2 Å². The highest BCUT2D eigenvalue weighted by Gasteiger charge is 2.29. The van der Waals surface area contributed by atoms with Crippen molar-refractivity contribution in [3.8, 4) is 5.69 Å². The number of nitrogens with zero attached hydrogens (tertiary/aromatic N) is 2. The van der Waals surface area contributed by atoms with E-state index in [9.17, 15) is 4.79 Å². The third-order valence-corrected chi connectivity index (χ3v) is 6.27. The molecule has 5 nitrogen and oxygen atoms in total. The molecule has 0 unspecified atom stereocenters. The van der Waals surface area contributed by atoms with E-state index < -0.39 is 0 Å². The molecule has 5 heteroatoms. The first-order valence-electron chi connectivity index (χ1n) is 11.1. The third kappa shape index (κ3) is 4.17. The molecular formula is C25H29N4O+. The molecule has 30 heavy (non-hydrogen) atoms. The first-order valence-corrected chi connectivity index (χ1v) is 11.1. The van der Waals surface area contributed by atoms with Crippen LogP contribution in [0.3, 0.4) is 0 Å². The van der Waals surface area contributed by atoms with Crippen LogP contribution in [-0.2, 0) is 13.1 Å². The van der Waals surface area contributed by atoms with E-state index in [1.54, 1.807) is 9.58 Å². The summed E-state index contributed by atoms with van der Waals surface area (Å²) in [6.07, 6.45) is 4.97. The number of carbonyl (C=O) groups is 1. The second kappa shape index (κ2) is 8.44. The van der Waals surface area contributed by atoms with Crippen LogP contribution in [-0.4, -0.2) is 28.8 Å². The zero-order chi connectivity index (χ0) is 20.3. The summed E-state index contributed by atoms with van der Waals surface area (Å²) < 4.78 is 1.79. The number of hydrogen-bond acceptors (Lipinski definition) is 2. The van der Waals surface area contributed by atoms with Crippen molar-refractivity contribution >= 4 is 5.91 Å². The number of likely N-dealkylation sites (tertiary alicyclic amines) is 1. The average Bonchev–Trinajstić information content (AvgIpc) is 3.32. The Morgan fingerprint density at radius 3 is 2.43 bits per heavy atom. The second-order valence-corrected chi connectivity index (χ2v) is 8.56. The number of para-hydroxylation sites is 1. The predicted molar refractivity (Wildman–Crippen MR) is 117 cm³/mol. The fourth-order valence-electron chi connectivity index (χ4n) is 4.40. The Kier molecular flexibility index (Phi) is 5.37. The number of amides is 1. The predicted octanol–water partition coefficient (Wildman–Crippen LogP) is 2.86. The summed E-state index contributed by atoms with van der Waals surface area (Å²) in [6, 6.07) is 20.4. The molecule has 0 radical (unpaired) electrons. The monoisotopic (exact) mass is 401 g/mol. The van der Waals surface area contributed by atoms with Gasteiger partial charge in [-0.05, 0) is 36.6 Å². The molecule has 1 aromatic heterocycles. The van der Waals surface area contributed by atoms with Crippen LogP contribution in [0.25, 0.3) is 5.69 Å².